The fourth-order valence-electron chi connectivity index (χ4n) is 0. The van der Waals surface area contributed by atoms with Crippen molar-refractivity contribution in [2.75, 3.05) is 0 Å². The zero-order chi connectivity index (χ0) is 3.58. The van der Waals surface area contributed by atoms with Crippen molar-refractivity contribution in [3.05, 3.63) is 0 Å². The Morgan fingerprint density at radius 1 is 1.80 bits per heavy atom. The Labute approximate surface area is 55.4 Å². The first-order chi connectivity index (χ1) is 1.73. The average Bonchev–Trinajstić information content (AvgIpc) is 0.811. The third kappa shape index (κ3) is 49.8. The Balaban J connectivity index is 0. The lowest BCUT2D eigenvalue weighted by Crippen LogP contribution is -1.60. The Kier molecular flexibility index (Phi) is 9.17. The highest BCUT2D eigenvalue weighted by Gasteiger charge is 1.66. The predicted octanol–water partition coefficient (Wildman–Crippen LogP) is 0.0116. The summed E-state index contributed by atoms with van der Waals surface area (Å²) in [4.78, 5) is 9.36. The summed E-state index contributed by atoms with van der Waals surface area (Å²) in [5.41, 5.74) is 0. The lowest BCUT2D eigenvalue weighted by Gasteiger charge is -1.52. The maximum absolute atomic E-state index is 9.36. The van der Waals surface area contributed by atoms with Crippen LogP contribution in [0.1, 0.15) is 6.92 Å². The topological polar surface area (TPSA) is 17.1 Å². The maximum atomic E-state index is 9.36. The Morgan fingerprint density at radius 2 is 1.80 bits per heavy atom. The summed E-state index contributed by atoms with van der Waals surface area (Å²) in [6.45, 7) is 1.44. The lowest BCUT2D eigenvalue weighted by molar-refractivity contribution is -0.108. The third-order valence-electron chi connectivity index (χ3n) is 0. The van der Waals surface area contributed by atoms with E-state index in [1.165, 1.54) is 6.92 Å². The van der Waals surface area contributed by atoms with Gasteiger partial charge in [-0.25, -0.2) is 0 Å². The van der Waals surface area contributed by atoms with E-state index in [9.17, 15) is 4.79 Å². The van der Waals surface area contributed by atoms with Gasteiger partial charge in [0.1, 0.15) is 0 Å². The van der Waals surface area contributed by atoms with Gasteiger partial charge in [-0.1, -0.05) is 0 Å². The first-order valence-electron chi connectivity index (χ1n) is 0.893. The Hall–Kier alpha value is 0.916. The molecule has 28 valence electrons. The third-order valence-corrected chi connectivity index (χ3v) is 0. The summed E-state index contributed by atoms with van der Waals surface area (Å²) in [7, 11) is 0. The molecule has 3 heteroatoms. The Morgan fingerprint density at radius 3 is 1.80 bits per heavy atom. The van der Waals surface area contributed by atoms with Crippen molar-refractivity contribution in [1.29, 1.82) is 0 Å². The van der Waals surface area contributed by atoms with Gasteiger partial charge in [0.2, 0.25) is 0 Å². The van der Waals surface area contributed by atoms with E-state index in [1.807, 2.05) is 0 Å². The molecule has 0 radical (unpaired) electrons. The van der Waals surface area contributed by atoms with Crippen molar-refractivity contribution in [2.45, 2.75) is 6.92 Å². The zero-order valence-electron chi connectivity index (χ0n) is 2.29. The minimum atomic E-state index is -0.0208. The number of hydrogen-bond acceptors (Lipinski definition) is 1. The molecule has 0 atom stereocenters. The molecule has 1 nitrogen and oxygen atoms in total. The first kappa shape index (κ1) is 9.32. The van der Waals surface area contributed by atoms with Crippen molar-refractivity contribution < 1.29 is 4.79 Å². The molecule has 0 saturated heterocycles. The molecule has 0 unspecified atom stereocenters. The van der Waals surface area contributed by atoms with Crippen LogP contribution in [-0.4, -0.2) is 27.7 Å². The maximum Gasteiger partial charge on any atom is 0.316 e. The van der Waals surface area contributed by atoms with E-state index in [2.05, 4.69) is 15.9 Å². The molecule has 0 rings (SSSR count). The highest BCUT2D eigenvalue weighted by atomic mass is 79.9. The van der Waals surface area contributed by atoms with E-state index in [1.54, 1.807) is 0 Å². The summed E-state index contributed by atoms with van der Waals surface area (Å²) in [5, 5.41) is 0. The minimum Gasteiger partial charge on any atom is -0.287 e. The van der Waals surface area contributed by atoms with E-state index in [0.717, 1.165) is 0 Å². The quantitative estimate of drug-likeness (QED) is 0.350. The molecule has 0 heterocycles. The van der Waals surface area contributed by atoms with Gasteiger partial charge >= 0.3 is 23.1 Å². The molecule has 0 saturated carbocycles. The fourth-order valence-corrected chi connectivity index (χ4v) is 0. The molecular formula is C2H5BrMgO. The summed E-state index contributed by atoms with van der Waals surface area (Å²) in [6.07, 6.45) is 0. The number of rotatable bonds is 0. The molecule has 0 aromatic rings. The SMILES string of the molecule is CC(=O)Br.[MgH2]. The second-order valence-electron chi connectivity index (χ2n) is 0.470. The lowest BCUT2D eigenvalue weighted by atomic mass is 11.0. The minimum absolute atomic E-state index is 0. The van der Waals surface area contributed by atoms with Crippen LogP contribution >= 0.6 is 15.9 Å². The smallest absolute Gasteiger partial charge is 0.287 e. The van der Waals surface area contributed by atoms with Crippen molar-refractivity contribution in [3.63, 3.8) is 0 Å². The van der Waals surface area contributed by atoms with Crippen molar-refractivity contribution in [1.82, 2.24) is 0 Å². The number of halogens is 1. The van der Waals surface area contributed by atoms with Crippen LogP contribution in [0.4, 0.5) is 0 Å². The molecule has 5 heavy (non-hydrogen) atoms. The highest BCUT2D eigenvalue weighted by molar-refractivity contribution is 9.18. The van der Waals surface area contributed by atoms with Crippen molar-refractivity contribution in [2.24, 2.45) is 0 Å². The van der Waals surface area contributed by atoms with Crippen LogP contribution in [0.3, 0.4) is 0 Å². The van der Waals surface area contributed by atoms with Crippen molar-refractivity contribution >= 4 is 43.7 Å². The van der Waals surface area contributed by atoms with Gasteiger partial charge in [-0.15, -0.1) is 0 Å². The van der Waals surface area contributed by atoms with E-state index < -0.39 is 0 Å². The van der Waals surface area contributed by atoms with Gasteiger partial charge in [0.15, 0.2) is 4.69 Å². The number of carbonyl (C=O) groups excluding carboxylic acids is 1. The monoisotopic (exact) mass is 148 g/mol. The number of hydrogen-bond donors (Lipinski definition) is 0. The highest BCUT2D eigenvalue weighted by Crippen LogP contribution is 1.74. The molecule has 0 aliphatic heterocycles. The average molecular weight is 149 g/mol. The summed E-state index contributed by atoms with van der Waals surface area (Å²) in [6, 6.07) is 0. The summed E-state index contributed by atoms with van der Waals surface area (Å²) in [5.74, 6) is 0. The van der Waals surface area contributed by atoms with E-state index in [-0.39, 0.29) is 27.7 Å². The van der Waals surface area contributed by atoms with Gasteiger partial charge in [-0.05, 0) is 15.9 Å². The fraction of sp³-hybridized carbons (Fsp3) is 0.500. The van der Waals surface area contributed by atoms with Crippen LogP contribution in [0.5, 0.6) is 0 Å². The van der Waals surface area contributed by atoms with Crippen LogP contribution in [0.15, 0.2) is 0 Å². The van der Waals surface area contributed by atoms with Gasteiger partial charge in [0.05, 0.1) is 0 Å². The molecular weight excluding hydrogens is 144 g/mol. The normalized spacial score (nSPS) is 5.20. The second kappa shape index (κ2) is 4.92. The standard InChI is InChI=1S/C2H3BrO.Mg.2H/c1-2(3)4;;;/h1H3;;;. The van der Waals surface area contributed by atoms with Crippen LogP contribution in [-0.2, 0) is 4.79 Å². The summed E-state index contributed by atoms with van der Waals surface area (Å²) >= 11 is 2.63. The van der Waals surface area contributed by atoms with Gasteiger partial charge < -0.3 is 0 Å². The molecule has 0 aromatic heterocycles. The largest absolute Gasteiger partial charge is 0.316 e. The summed E-state index contributed by atoms with van der Waals surface area (Å²) < 4.78 is -0.0208. The predicted molar refractivity (Wildman–Crippen MR) is 28.2 cm³/mol. The molecule has 0 bridgehead atoms. The molecule has 0 N–H and O–H groups in total. The van der Waals surface area contributed by atoms with Gasteiger partial charge in [-0.3, -0.25) is 4.79 Å². The van der Waals surface area contributed by atoms with Gasteiger partial charge in [0, 0.05) is 6.92 Å². The number of carbonyl (C=O) groups is 1. The van der Waals surface area contributed by atoms with Crippen molar-refractivity contribution in [3.8, 4) is 0 Å². The van der Waals surface area contributed by atoms with E-state index in [4.69, 9.17) is 0 Å². The molecule has 0 aliphatic carbocycles. The molecule has 0 spiro atoms. The van der Waals surface area contributed by atoms with Crippen LogP contribution in [0, 0.1) is 0 Å². The second-order valence-corrected chi connectivity index (χ2v) is 1.59. The van der Waals surface area contributed by atoms with Gasteiger partial charge in [-0.2, -0.15) is 0 Å². The van der Waals surface area contributed by atoms with E-state index >= 15 is 0 Å². The van der Waals surface area contributed by atoms with Crippen LogP contribution in [0.25, 0.3) is 0 Å². The molecule has 0 fully saturated rings. The van der Waals surface area contributed by atoms with Crippen LogP contribution in [0.2, 0.25) is 0 Å². The first-order valence-corrected chi connectivity index (χ1v) is 1.69. The Bertz CT molecular complexity index is 32.6. The zero-order valence-corrected chi connectivity index (χ0v) is 3.87. The molecule has 0 amide bonds. The molecule has 0 aromatic carbocycles. The van der Waals surface area contributed by atoms with Crippen LogP contribution < -0.4 is 0 Å². The van der Waals surface area contributed by atoms with Gasteiger partial charge in [0.25, 0.3) is 0 Å². The van der Waals surface area contributed by atoms with E-state index in [0.29, 0.717) is 0 Å². The molecule has 0 aliphatic rings.